The van der Waals surface area contributed by atoms with Crippen LogP contribution >= 0.6 is 0 Å². The van der Waals surface area contributed by atoms with Gasteiger partial charge in [-0.1, -0.05) is 63.2 Å². The van der Waals surface area contributed by atoms with E-state index in [1.165, 1.54) is 24.3 Å². The highest BCUT2D eigenvalue weighted by Gasteiger charge is 2.34. The van der Waals surface area contributed by atoms with Crippen LogP contribution in [0.3, 0.4) is 0 Å². The van der Waals surface area contributed by atoms with Gasteiger partial charge in [0, 0.05) is 12.1 Å². The van der Waals surface area contributed by atoms with E-state index in [-0.39, 0.29) is 16.5 Å². The number of ketones is 1. The Hall–Kier alpha value is -2.67. The topological polar surface area (TPSA) is 66.4 Å². The Bertz CT molecular complexity index is 852. The predicted molar refractivity (Wildman–Crippen MR) is 98.9 cm³/mol. The summed E-state index contributed by atoms with van der Waals surface area (Å²) in [6.45, 7) is 5.52. The summed E-state index contributed by atoms with van der Waals surface area (Å²) in [5.41, 5.74) is -0.308. The predicted octanol–water partition coefficient (Wildman–Crippen LogP) is 4.04. The summed E-state index contributed by atoms with van der Waals surface area (Å²) in [6.07, 6.45) is -6.23. The molecule has 4 nitrogen and oxygen atoms in total. The first-order valence-electron chi connectivity index (χ1n) is 8.68. The molecule has 28 heavy (non-hydrogen) atoms. The Labute approximate surface area is 161 Å². The zero-order valence-corrected chi connectivity index (χ0v) is 15.8. The van der Waals surface area contributed by atoms with Crippen LogP contribution < -0.4 is 5.32 Å². The molecule has 1 amide bonds. The third-order valence-corrected chi connectivity index (χ3v) is 4.30. The van der Waals surface area contributed by atoms with Crippen molar-refractivity contribution in [2.75, 3.05) is 6.54 Å². The van der Waals surface area contributed by atoms with Crippen molar-refractivity contribution in [3.05, 3.63) is 70.8 Å². The zero-order valence-electron chi connectivity index (χ0n) is 15.8. The van der Waals surface area contributed by atoms with Crippen molar-refractivity contribution in [2.45, 2.75) is 38.5 Å². The summed E-state index contributed by atoms with van der Waals surface area (Å²) in [5.74, 6) is -1.82. The molecule has 150 valence electrons. The summed E-state index contributed by atoms with van der Waals surface area (Å²) in [5, 5.41) is 12.3. The molecule has 0 bridgehead atoms. The van der Waals surface area contributed by atoms with Crippen LogP contribution in [-0.4, -0.2) is 23.3 Å². The molecule has 1 unspecified atom stereocenters. The highest BCUT2D eigenvalue weighted by atomic mass is 19.4. The number of benzene rings is 2. The first-order chi connectivity index (χ1) is 12.9. The Morgan fingerprint density at radius 2 is 1.57 bits per heavy atom. The monoisotopic (exact) mass is 393 g/mol. The zero-order chi connectivity index (χ0) is 21.1. The number of alkyl halides is 3. The molecule has 0 saturated carbocycles. The molecule has 0 heterocycles. The van der Waals surface area contributed by atoms with Crippen LogP contribution in [0, 0.1) is 0 Å². The lowest BCUT2D eigenvalue weighted by atomic mass is 9.86. The van der Waals surface area contributed by atoms with Gasteiger partial charge in [-0.3, -0.25) is 9.59 Å². The largest absolute Gasteiger partial charge is 0.416 e. The third-order valence-electron chi connectivity index (χ3n) is 4.30. The van der Waals surface area contributed by atoms with Gasteiger partial charge in [0.05, 0.1) is 11.7 Å². The van der Waals surface area contributed by atoms with E-state index in [4.69, 9.17) is 0 Å². The minimum Gasteiger partial charge on any atom is -0.387 e. The Balaban J connectivity index is 2.05. The van der Waals surface area contributed by atoms with E-state index in [0.29, 0.717) is 0 Å². The van der Waals surface area contributed by atoms with Crippen LogP contribution in [0.2, 0.25) is 0 Å². The van der Waals surface area contributed by atoms with E-state index in [0.717, 1.165) is 17.7 Å². The van der Waals surface area contributed by atoms with Gasteiger partial charge in [-0.2, -0.15) is 13.2 Å². The van der Waals surface area contributed by atoms with Crippen LogP contribution in [0.15, 0.2) is 48.5 Å². The number of aliphatic hydroxyl groups excluding tert-OH is 1. The molecule has 0 aliphatic carbocycles. The first-order valence-corrected chi connectivity index (χ1v) is 8.68. The summed E-state index contributed by atoms with van der Waals surface area (Å²) in [7, 11) is 0. The van der Waals surface area contributed by atoms with Gasteiger partial charge < -0.3 is 10.4 Å². The lowest BCUT2D eigenvalue weighted by Gasteiger charge is -2.19. The van der Waals surface area contributed by atoms with Gasteiger partial charge in [-0.15, -0.1) is 0 Å². The van der Waals surface area contributed by atoms with E-state index < -0.39 is 36.1 Å². The van der Waals surface area contributed by atoms with Crippen LogP contribution in [0.4, 0.5) is 13.2 Å². The second-order valence-electron chi connectivity index (χ2n) is 7.47. The highest BCUT2D eigenvalue weighted by molar-refractivity contribution is 6.42. The van der Waals surface area contributed by atoms with Crippen molar-refractivity contribution in [2.24, 2.45) is 0 Å². The molecule has 0 aliphatic rings. The Kier molecular flexibility index (Phi) is 6.29. The van der Waals surface area contributed by atoms with Crippen molar-refractivity contribution in [3.8, 4) is 0 Å². The smallest absolute Gasteiger partial charge is 0.387 e. The van der Waals surface area contributed by atoms with Crippen LogP contribution in [0.25, 0.3) is 0 Å². The van der Waals surface area contributed by atoms with E-state index >= 15 is 0 Å². The lowest BCUT2D eigenvalue weighted by Crippen LogP contribution is -2.34. The molecule has 2 N–H and O–H groups in total. The van der Waals surface area contributed by atoms with Gasteiger partial charge >= 0.3 is 6.18 Å². The molecular formula is C21H22F3NO3. The summed E-state index contributed by atoms with van der Waals surface area (Å²) < 4.78 is 39.1. The van der Waals surface area contributed by atoms with Gasteiger partial charge in [-0.25, -0.2) is 0 Å². The van der Waals surface area contributed by atoms with Gasteiger partial charge in [0.15, 0.2) is 0 Å². The molecule has 0 aromatic heterocycles. The van der Waals surface area contributed by atoms with E-state index in [9.17, 15) is 27.9 Å². The molecule has 0 saturated heterocycles. The maximum Gasteiger partial charge on any atom is 0.416 e. The molecule has 0 radical (unpaired) electrons. The SMILES string of the molecule is CC(C)(C)c1ccc(C(=O)C(=O)NCC(O)c2ccccc2C(F)(F)F)cc1. The van der Waals surface area contributed by atoms with Gasteiger partial charge in [0.1, 0.15) is 0 Å². The van der Waals surface area contributed by atoms with Crippen molar-refractivity contribution in [3.63, 3.8) is 0 Å². The maximum atomic E-state index is 13.0. The number of halogens is 3. The summed E-state index contributed by atoms with van der Waals surface area (Å²) >= 11 is 0. The number of aliphatic hydroxyl groups is 1. The van der Waals surface area contributed by atoms with Crippen molar-refractivity contribution < 1.29 is 27.9 Å². The van der Waals surface area contributed by atoms with E-state index in [1.54, 1.807) is 12.1 Å². The number of Topliss-reactive ketones (excluding diaryl/α,β-unsaturated/α-hetero) is 1. The minimum atomic E-state index is -4.63. The second-order valence-corrected chi connectivity index (χ2v) is 7.47. The Morgan fingerprint density at radius 1 is 1.00 bits per heavy atom. The average Bonchev–Trinajstić information content (AvgIpc) is 2.64. The third kappa shape index (κ3) is 5.19. The summed E-state index contributed by atoms with van der Waals surface area (Å²) in [4.78, 5) is 24.3. The number of hydrogen-bond acceptors (Lipinski definition) is 3. The number of carbonyl (C=O) groups excluding carboxylic acids is 2. The molecule has 1 atom stereocenters. The Morgan fingerprint density at radius 3 is 2.11 bits per heavy atom. The van der Waals surface area contributed by atoms with Crippen molar-refractivity contribution in [1.82, 2.24) is 5.32 Å². The highest BCUT2D eigenvalue weighted by Crippen LogP contribution is 2.34. The molecular weight excluding hydrogens is 371 g/mol. The quantitative estimate of drug-likeness (QED) is 0.595. The maximum absolute atomic E-state index is 13.0. The number of amides is 1. The summed E-state index contributed by atoms with van der Waals surface area (Å²) in [6, 6.07) is 11.1. The van der Waals surface area contributed by atoms with Crippen LogP contribution in [0.5, 0.6) is 0 Å². The number of hydrogen-bond donors (Lipinski definition) is 2. The fraction of sp³-hybridized carbons (Fsp3) is 0.333. The second kappa shape index (κ2) is 8.14. The van der Waals surface area contributed by atoms with E-state index in [1.807, 2.05) is 20.8 Å². The standard InChI is InChI=1S/C21H22F3NO3/c1-20(2,3)14-10-8-13(9-11-14)18(27)19(28)25-12-17(26)15-6-4-5-7-16(15)21(22,23)24/h4-11,17,26H,12H2,1-3H3,(H,25,28). The first kappa shape index (κ1) is 21.6. The molecule has 0 aliphatic heterocycles. The fourth-order valence-corrected chi connectivity index (χ4v) is 2.68. The van der Waals surface area contributed by atoms with Gasteiger partial charge in [0.25, 0.3) is 5.91 Å². The van der Waals surface area contributed by atoms with Crippen LogP contribution in [0.1, 0.15) is 53.9 Å². The minimum absolute atomic E-state index is 0.111. The molecule has 2 aromatic rings. The average molecular weight is 393 g/mol. The van der Waals surface area contributed by atoms with Crippen molar-refractivity contribution in [1.29, 1.82) is 0 Å². The number of nitrogens with one attached hydrogen (secondary N) is 1. The molecule has 2 rings (SSSR count). The molecule has 0 fully saturated rings. The number of rotatable bonds is 5. The molecule has 2 aromatic carbocycles. The van der Waals surface area contributed by atoms with Gasteiger partial charge in [0.2, 0.25) is 5.78 Å². The molecule has 7 heteroatoms. The fourth-order valence-electron chi connectivity index (χ4n) is 2.68. The van der Waals surface area contributed by atoms with Crippen molar-refractivity contribution >= 4 is 11.7 Å². The lowest BCUT2D eigenvalue weighted by molar-refractivity contribution is -0.139. The van der Waals surface area contributed by atoms with Gasteiger partial charge in [-0.05, 0) is 22.6 Å². The molecule has 0 spiro atoms. The van der Waals surface area contributed by atoms with E-state index in [2.05, 4.69) is 5.32 Å². The number of carbonyl (C=O) groups is 2. The normalized spacial score (nSPS) is 13.1. The van der Waals surface area contributed by atoms with Crippen LogP contribution in [-0.2, 0) is 16.4 Å².